The zero-order valence-electron chi connectivity index (χ0n) is 10.4. The molecule has 7 heteroatoms. The third-order valence-electron chi connectivity index (χ3n) is 2.97. The van der Waals surface area contributed by atoms with E-state index in [9.17, 15) is 4.39 Å². The lowest BCUT2D eigenvalue weighted by atomic mass is 10.2. The molecule has 19 heavy (non-hydrogen) atoms. The lowest BCUT2D eigenvalue weighted by Gasteiger charge is -2.34. The minimum Gasteiger partial charge on any atom is -0.377 e. The number of hydrogen-bond donors (Lipinski definition) is 0. The summed E-state index contributed by atoms with van der Waals surface area (Å²) in [4.78, 5) is 14.6. The van der Waals surface area contributed by atoms with Crippen molar-refractivity contribution in [2.45, 2.75) is 13.0 Å². The van der Waals surface area contributed by atoms with Gasteiger partial charge in [-0.1, -0.05) is 0 Å². The van der Waals surface area contributed by atoms with E-state index in [2.05, 4.69) is 15.0 Å². The molecule has 0 N–H and O–H groups in total. The van der Waals surface area contributed by atoms with Crippen molar-refractivity contribution >= 4 is 17.3 Å². The maximum absolute atomic E-state index is 12.9. The van der Waals surface area contributed by atoms with Crippen molar-refractivity contribution in [3.63, 3.8) is 0 Å². The summed E-state index contributed by atoms with van der Waals surface area (Å²) in [6.45, 7) is 3.80. The topological polar surface area (TPSA) is 51.1 Å². The number of aryl methyl sites for hydroxylation is 1. The minimum atomic E-state index is -0.432. The molecule has 1 atom stereocenters. The Labute approximate surface area is 114 Å². The van der Waals surface area contributed by atoms with E-state index in [4.69, 9.17) is 4.74 Å². The van der Waals surface area contributed by atoms with Gasteiger partial charge in [-0.05, 0) is 6.92 Å². The van der Waals surface area contributed by atoms with E-state index >= 15 is 0 Å². The van der Waals surface area contributed by atoms with Crippen molar-refractivity contribution < 1.29 is 9.13 Å². The molecule has 1 aliphatic heterocycles. The normalized spacial score (nSPS) is 19.7. The molecule has 0 saturated carbocycles. The molecule has 0 amide bonds. The molecular weight excluding hydrogens is 267 g/mol. The standard InChI is InChI=1S/C12H13FN4OS/c1-8-16-10(7-19-8)11-6-18-3-2-17(11)12-14-4-9(13)5-15-12/h4-5,7,11H,2-3,6H2,1H3/t11-/m1/s1. The van der Waals surface area contributed by atoms with Crippen LogP contribution in [-0.4, -0.2) is 34.7 Å². The Morgan fingerprint density at radius 1 is 1.42 bits per heavy atom. The van der Waals surface area contributed by atoms with E-state index in [1.807, 2.05) is 17.2 Å². The second-order valence-corrected chi connectivity index (χ2v) is 5.34. The van der Waals surface area contributed by atoms with Gasteiger partial charge in [0.25, 0.3) is 0 Å². The Morgan fingerprint density at radius 2 is 2.21 bits per heavy atom. The summed E-state index contributed by atoms with van der Waals surface area (Å²) in [7, 11) is 0. The van der Waals surface area contributed by atoms with E-state index in [-0.39, 0.29) is 6.04 Å². The summed E-state index contributed by atoms with van der Waals surface area (Å²) < 4.78 is 18.4. The lowest BCUT2D eigenvalue weighted by Crippen LogP contribution is -2.40. The number of hydrogen-bond acceptors (Lipinski definition) is 6. The van der Waals surface area contributed by atoms with Crippen molar-refractivity contribution in [1.82, 2.24) is 15.0 Å². The van der Waals surface area contributed by atoms with Gasteiger partial charge in [-0.15, -0.1) is 11.3 Å². The summed E-state index contributed by atoms with van der Waals surface area (Å²) >= 11 is 1.60. The van der Waals surface area contributed by atoms with E-state index in [1.165, 1.54) is 12.4 Å². The Hall–Kier alpha value is -1.60. The summed E-state index contributed by atoms with van der Waals surface area (Å²) in [5, 5.41) is 3.03. The van der Waals surface area contributed by atoms with Gasteiger partial charge in [0.2, 0.25) is 5.95 Å². The lowest BCUT2D eigenvalue weighted by molar-refractivity contribution is 0.0922. The highest BCUT2D eigenvalue weighted by molar-refractivity contribution is 7.09. The van der Waals surface area contributed by atoms with E-state index in [0.717, 1.165) is 10.7 Å². The molecule has 1 saturated heterocycles. The fourth-order valence-electron chi connectivity index (χ4n) is 2.08. The van der Waals surface area contributed by atoms with Crippen molar-refractivity contribution in [3.05, 3.63) is 34.3 Å². The van der Waals surface area contributed by atoms with Gasteiger partial charge >= 0.3 is 0 Å². The van der Waals surface area contributed by atoms with E-state index in [0.29, 0.717) is 25.7 Å². The first-order valence-corrected chi connectivity index (χ1v) is 6.86. The molecule has 3 rings (SSSR count). The molecule has 2 aromatic rings. The van der Waals surface area contributed by atoms with Gasteiger partial charge in [0.15, 0.2) is 5.82 Å². The van der Waals surface area contributed by atoms with Gasteiger partial charge in [0.05, 0.1) is 42.4 Å². The fourth-order valence-corrected chi connectivity index (χ4v) is 2.73. The van der Waals surface area contributed by atoms with Gasteiger partial charge < -0.3 is 9.64 Å². The average molecular weight is 280 g/mol. The van der Waals surface area contributed by atoms with Gasteiger partial charge in [-0.25, -0.2) is 19.3 Å². The molecule has 1 fully saturated rings. The average Bonchev–Trinajstić information content (AvgIpc) is 2.86. The zero-order valence-corrected chi connectivity index (χ0v) is 11.2. The number of halogens is 1. The van der Waals surface area contributed by atoms with Crippen molar-refractivity contribution in [2.75, 3.05) is 24.7 Å². The SMILES string of the molecule is Cc1nc([C@H]2COCCN2c2ncc(F)cn2)cs1. The van der Waals surface area contributed by atoms with Crippen molar-refractivity contribution in [3.8, 4) is 0 Å². The van der Waals surface area contributed by atoms with Crippen LogP contribution < -0.4 is 4.90 Å². The molecule has 100 valence electrons. The van der Waals surface area contributed by atoms with Crippen LogP contribution in [0.5, 0.6) is 0 Å². The number of nitrogens with zero attached hydrogens (tertiary/aromatic N) is 4. The van der Waals surface area contributed by atoms with Crippen LogP contribution in [0.1, 0.15) is 16.7 Å². The molecule has 0 aromatic carbocycles. The summed E-state index contributed by atoms with van der Waals surface area (Å²) in [5.41, 5.74) is 0.954. The van der Waals surface area contributed by atoms with Crippen LogP contribution >= 0.6 is 11.3 Å². The number of morpholine rings is 1. The van der Waals surface area contributed by atoms with Crippen molar-refractivity contribution in [2.24, 2.45) is 0 Å². The summed E-state index contributed by atoms with van der Waals surface area (Å²) in [6, 6.07) is -0.0100. The molecule has 2 aromatic heterocycles. The third kappa shape index (κ3) is 2.57. The molecular formula is C12H13FN4OS. The summed E-state index contributed by atoms with van der Waals surface area (Å²) in [5.74, 6) is 0.0819. The van der Waals surface area contributed by atoms with Gasteiger partial charge in [0.1, 0.15) is 0 Å². The molecule has 5 nitrogen and oxygen atoms in total. The number of aromatic nitrogens is 3. The smallest absolute Gasteiger partial charge is 0.226 e. The first kappa shape index (κ1) is 12.4. The molecule has 3 heterocycles. The number of thiazole rings is 1. The van der Waals surface area contributed by atoms with E-state index in [1.54, 1.807) is 11.3 Å². The van der Waals surface area contributed by atoms with Crippen LogP contribution in [-0.2, 0) is 4.74 Å². The maximum Gasteiger partial charge on any atom is 0.226 e. The molecule has 1 aliphatic rings. The van der Waals surface area contributed by atoms with Gasteiger partial charge in [-0.3, -0.25) is 0 Å². The number of ether oxygens (including phenoxy) is 1. The fraction of sp³-hybridized carbons (Fsp3) is 0.417. The zero-order chi connectivity index (χ0) is 13.2. The van der Waals surface area contributed by atoms with Crippen LogP contribution in [0.4, 0.5) is 10.3 Å². The predicted molar refractivity (Wildman–Crippen MR) is 69.7 cm³/mol. The summed E-state index contributed by atoms with van der Waals surface area (Å²) in [6.07, 6.45) is 2.36. The first-order valence-electron chi connectivity index (χ1n) is 5.98. The highest BCUT2D eigenvalue weighted by Crippen LogP contribution is 2.28. The maximum atomic E-state index is 12.9. The monoisotopic (exact) mass is 280 g/mol. The minimum absolute atomic E-state index is 0.0100. The second-order valence-electron chi connectivity index (χ2n) is 4.28. The van der Waals surface area contributed by atoms with Gasteiger partial charge in [-0.2, -0.15) is 0 Å². The third-order valence-corrected chi connectivity index (χ3v) is 3.76. The Balaban J connectivity index is 1.90. The van der Waals surface area contributed by atoms with Gasteiger partial charge in [0, 0.05) is 11.9 Å². The second kappa shape index (κ2) is 5.18. The van der Waals surface area contributed by atoms with Crippen LogP contribution in [0.15, 0.2) is 17.8 Å². The van der Waals surface area contributed by atoms with Crippen molar-refractivity contribution in [1.29, 1.82) is 0 Å². The quantitative estimate of drug-likeness (QED) is 0.841. The number of rotatable bonds is 2. The molecule has 0 aliphatic carbocycles. The van der Waals surface area contributed by atoms with Crippen LogP contribution in [0.3, 0.4) is 0 Å². The largest absolute Gasteiger partial charge is 0.377 e. The number of anilines is 1. The first-order chi connectivity index (χ1) is 9.24. The predicted octanol–water partition coefficient (Wildman–Crippen LogP) is 1.96. The van der Waals surface area contributed by atoms with Crippen LogP contribution in [0.25, 0.3) is 0 Å². The van der Waals surface area contributed by atoms with Crippen LogP contribution in [0, 0.1) is 12.7 Å². The molecule has 0 radical (unpaired) electrons. The Bertz CT molecular complexity index is 559. The Kier molecular flexibility index (Phi) is 3.39. The molecule has 0 bridgehead atoms. The molecule has 0 unspecified atom stereocenters. The molecule has 0 spiro atoms. The highest BCUT2D eigenvalue weighted by Gasteiger charge is 2.28. The Morgan fingerprint density at radius 3 is 2.89 bits per heavy atom. The van der Waals surface area contributed by atoms with Crippen LogP contribution in [0.2, 0.25) is 0 Å². The van der Waals surface area contributed by atoms with E-state index < -0.39 is 5.82 Å². The highest BCUT2D eigenvalue weighted by atomic mass is 32.1.